The zero-order chi connectivity index (χ0) is 10.1. The second-order valence-electron chi connectivity index (χ2n) is 3.12. The van der Waals surface area contributed by atoms with Crippen molar-refractivity contribution >= 4 is 17.0 Å². The zero-order valence-electron chi connectivity index (χ0n) is 9.05. The molecule has 0 amide bonds. The largest absolute Gasteiger partial charge is 0.455 e. The van der Waals surface area contributed by atoms with E-state index in [0.29, 0.717) is 5.23 Å². The molecule has 0 aromatic carbocycles. The van der Waals surface area contributed by atoms with Gasteiger partial charge in [0.05, 0.1) is 0 Å². The summed E-state index contributed by atoms with van der Waals surface area (Å²) in [4.78, 5) is 0. The van der Waals surface area contributed by atoms with Gasteiger partial charge in [-0.1, -0.05) is 20.8 Å². The summed E-state index contributed by atoms with van der Waals surface area (Å²) in [5.74, 6) is 1.01. The Kier molecular flexibility index (Phi) is 8.30. The molecule has 0 aliphatic carbocycles. The molecule has 2 nitrogen and oxygen atoms in total. The molecule has 0 aliphatic rings. The molecule has 1 N–H and O–H groups in total. The molecule has 0 unspecified atom stereocenters. The lowest BCUT2D eigenvalue weighted by atomic mass is 10.4. The third-order valence-corrected chi connectivity index (χ3v) is 2.82. The van der Waals surface area contributed by atoms with Crippen LogP contribution in [0.3, 0.4) is 0 Å². The van der Waals surface area contributed by atoms with Crippen molar-refractivity contribution in [2.24, 2.45) is 0 Å². The molecule has 0 atom stereocenters. The van der Waals surface area contributed by atoms with Crippen LogP contribution in [-0.4, -0.2) is 33.8 Å². The first kappa shape index (κ1) is 12.8. The van der Waals surface area contributed by atoms with Crippen LogP contribution in [0.5, 0.6) is 0 Å². The molecule has 0 aromatic heterocycles. The molecule has 0 radical (unpaired) electrons. The maximum absolute atomic E-state index is 9.71. The SMILES string of the molecule is CCCSC(O)=[N+](CCC)CCC. The number of aliphatic hydroxyl groups is 1. The van der Waals surface area contributed by atoms with Crippen LogP contribution in [0.1, 0.15) is 40.0 Å². The van der Waals surface area contributed by atoms with Crippen LogP contribution in [0.2, 0.25) is 0 Å². The maximum Gasteiger partial charge on any atom is 0.398 e. The first-order valence-corrected chi connectivity index (χ1v) is 6.18. The highest BCUT2D eigenvalue weighted by molar-refractivity contribution is 8.13. The monoisotopic (exact) mass is 204 g/mol. The van der Waals surface area contributed by atoms with Crippen LogP contribution in [0.25, 0.3) is 0 Å². The molecule has 0 aromatic rings. The summed E-state index contributed by atoms with van der Waals surface area (Å²) in [6.07, 6.45) is 3.30. The quantitative estimate of drug-likeness (QED) is 0.408. The molecule has 0 spiro atoms. The highest BCUT2D eigenvalue weighted by Gasteiger charge is 2.11. The molecule has 0 aliphatic heterocycles. The van der Waals surface area contributed by atoms with Crippen molar-refractivity contribution in [3.05, 3.63) is 0 Å². The molecule has 0 rings (SSSR count). The van der Waals surface area contributed by atoms with E-state index in [9.17, 15) is 5.11 Å². The molecule has 0 saturated carbocycles. The summed E-state index contributed by atoms with van der Waals surface area (Å²) in [7, 11) is 0. The number of thioether (sulfide) groups is 1. The van der Waals surface area contributed by atoms with Gasteiger partial charge in [0.1, 0.15) is 13.1 Å². The van der Waals surface area contributed by atoms with E-state index >= 15 is 0 Å². The fraction of sp³-hybridized carbons (Fsp3) is 0.900. The molecule has 0 heterocycles. The average Bonchev–Trinajstić information content (AvgIpc) is 2.14. The first-order chi connectivity index (χ1) is 6.26. The molecule has 0 saturated heterocycles. The van der Waals surface area contributed by atoms with Gasteiger partial charge < -0.3 is 5.11 Å². The molecular formula is C10H22NOS+. The van der Waals surface area contributed by atoms with Crippen LogP contribution in [0, 0.1) is 0 Å². The molecule has 0 fully saturated rings. The summed E-state index contributed by atoms with van der Waals surface area (Å²) in [5, 5.41) is 10.2. The normalized spacial score (nSPS) is 10.1. The van der Waals surface area contributed by atoms with E-state index in [4.69, 9.17) is 0 Å². The van der Waals surface area contributed by atoms with Gasteiger partial charge in [0, 0.05) is 18.6 Å². The van der Waals surface area contributed by atoms with Gasteiger partial charge >= 0.3 is 5.23 Å². The van der Waals surface area contributed by atoms with E-state index in [2.05, 4.69) is 25.3 Å². The van der Waals surface area contributed by atoms with E-state index in [1.165, 1.54) is 0 Å². The van der Waals surface area contributed by atoms with Crippen molar-refractivity contribution in [1.29, 1.82) is 0 Å². The van der Waals surface area contributed by atoms with Gasteiger partial charge in [-0.3, -0.25) is 0 Å². The van der Waals surface area contributed by atoms with Crippen LogP contribution < -0.4 is 0 Å². The second-order valence-corrected chi connectivity index (χ2v) is 4.18. The van der Waals surface area contributed by atoms with Gasteiger partial charge in [0.15, 0.2) is 0 Å². The predicted octanol–water partition coefficient (Wildman–Crippen LogP) is 2.88. The van der Waals surface area contributed by atoms with Crippen molar-refractivity contribution in [2.45, 2.75) is 40.0 Å². The van der Waals surface area contributed by atoms with Crippen molar-refractivity contribution < 1.29 is 9.68 Å². The topological polar surface area (TPSA) is 23.2 Å². The van der Waals surface area contributed by atoms with E-state index in [0.717, 1.165) is 38.1 Å². The lowest BCUT2D eigenvalue weighted by molar-refractivity contribution is -0.532. The predicted molar refractivity (Wildman–Crippen MR) is 61.0 cm³/mol. The third-order valence-electron chi connectivity index (χ3n) is 1.69. The molecule has 0 bridgehead atoms. The van der Waals surface area contributed by atoms with Crippen molar-refractivity contribution in [3.8, 4) is 0 Å². The van der Waals surface area contributed by atoms with Gasteiger partial charge in [-0.2, -0.15) is 4.58 Å². The number of rotatable bonds is 6. The smallest absolute Gasteiger partial charge is 0.398 e. The lowest BCUT2D eigenvalue weighted by Crippen LogP contribution is -2.21. The highest BCUT2D eigenvalue weighted by atomic mass is 32.2. The summed E-state index contributed by atoms with van der Waals surface area (Å²) in [6.45, 7) is 8.35. The van der Waals surface area contributed by atoms with Crippen molar-refractivity contribution in [2.75, 3.05) is 18.8 Å². The maximum atomic E-state index is 9.71. The van der Waals surface area contributed by atoms with Gasteiger partial charge in [0.25, 0.3) is 0 Å². The van der Waals surface area contributed by atoms with E-state index in [-0.39, 0.29) is 0 Å². The first-order valence-electron chi connectivity index (χ1n) is 5.19. The number of aliphatic hydroxyl groups excluding tert-OH is 1. The van der Waals surface area contributed by atoms with E-state index in [1.807, 2.05) is 0 Å². The minimum Gasteiger partial charge on any atom is -0.455 e. The van der Waals surface area contributed by atoms with Gasteiger partial charge in [-0.15, -0.1) is 0 Å². The Bertz CT molecular complexity index is 149. The number of nitrogens with zero attached hydrogens (tertiary/aromatic N) is 1. The summed E-state index contributed by atoms with van der Waals surface area (Å²) >= 11 is 1.56. The Morgan fingerprint density at radius 3 is 2.00 bits per heavy atom. The summed E-state index contributed by atoms with van der Waals surface area (Å²) < 4.78 is 2.07. The van der Waals surface area contributed by atoms with Crippen molar-refractivity contribution in [1.82, 2.24) is 0 Å². The highest BCUT2D eigenvalue weighted by Crippen LogP contribution is 2.04. The van der Waals surface area contributed by atoms with Gasteiger partial charge in [0.2, 0.25) is 0 Å². The number of hydrogen-bond donors (Lipinski definition) is 1. The fourth-order valence-corrected chi connectivity index (χ4v) is 1.88. The van der Waals surface area contributed by atoms with Gasteiger partial charge in [-0.05, 0) is 18.2 Å². The van der Waals surface area contributed by atoms with E-state index < -0.39 is 0 Å². The molecule has 3 heteroatoms. The minimum absolute atomic E-state index is 0.505. The van der Waals surface area contributed by atoms with Crippen molar-refractivity contribution in [3.63, 3.8) is 0 Å². The van der Waals surface area contributed by atoms with Crippen LogP contribution >= 0.6 is 11.8 Å². The van der Waals surface area contributed by atoms with Crippen LogP contribution in [0.4, 0.5) is 0 Å². The second kappa shape index (κ2) is 8.42. The standard InChI is InChI=1S/C10H21NOS/c1-4-7-11(8-5-2)10(12)13-9-6-3/h4-9H2,1-3H3/p+1. The Balaban J connectivity index is 4.08. The average molecular weight is 204 g/mol. The molecular weight excluding hydrogens is 182 g/mol. The fourth-order valence-electron chi connectivity index (χ4n) is 1.13. The Morgan fingerprint density at radius 2 is 1.62 bits per heavy atom. The van der Waals surface area contributed by atoms with Crippen LogP contribution in [0.15, 0.2) is 0 Å². The molecule has 13 heavy (non-hydrogen) atoms. The molecule has 78 valence electrons. The van der Waals surface area contributed by atoms with Gasteiger partial charge in [-0.25, -0.2) is 0 Å². The lowest BCUT2D eigenvalue weighted by Gasteiger charge is -2.02. The van der Waals surface area contributed by atoms with Crippen LogP contribution in [-0.2, 0) is 0 Å². The van der Waals surface area contributed by atoms with E-state index in [1.54, 1.807) is 11.8 Å². The Morgan fingerprint density at radius 1 is 1.08 bits per heavy atom. The summed E-state index contributed by atoms with van der Waals surface area (Å²) in [6, 6.07) is 0. The minimum atomic E-state index is 0.505. The zero-order valence-corrected chi connectivity index (χ0v) is 9.86. The number of hydrogen-bond acceptors (Lipinski definition) is 1. The third kappa shape index (κ3) is 5.97. The Labute approximate surface area is 86.0 Å². The Hall–Kier alpha value is -0.180. The summed E-state index contributed by atoms with van der Waals surface area (Å²) in [5.41, 5.74) is 0.